The van der Waals surface area contributed by atoms with Crippen molar-refractivity contribution in [3.05, 3.63) is 119 Å². The number of fused-ring (bicyclic) bond motifs is 1. The number of azo groups is 2. The predicted molar refractivity (Wildman–Crippen MR) is 242 cm³/mol. The summed E-state index contributed by atoms with van der Waals surface area (Å²) in [7, 11) is -27.0. The molecule has 0 aliphatic heterocycles. The summed E-state index contributed by atoms with van der Waals surface area (Å²) in [6.45, 7) is 3.06. The molecule has 0 aliphatic carbocycles. The van der Waals surface area contributed by atoms with Gasteiger partial charge in [-0.2, -0.15) is 23.5 Å². The number of rotatable bonds is 14. The maximum absolute atomic E-state index is 14.1. The third-order valence-corrected chi connectivity index (χ3v) is 14.0. The Morgan fingerprint density at radius 2 is 1.13 bits per heavy atom. The summed E-state index contributed by atoms with van der Waals surface area (Å²) in [5, 5.41) is 32.9. The number of benzene rings is 6. The third-order valence-electron chi connectivity index (χ3n) is 9.60. The number of hydrogen-bond acceptors (Lipinski definition) is 24. The van der Waals surface area contributed by atoms with Crippen molar-refractivity contribution in [2.24, 2.45) is 25.4 Å². The number of para-hydroxylation sites is 1. The van der Waals surface area contributed by atoms with Crippen molar-refractivity contribution in [1.29, 1.82) is 0 Å². The van der Waals surface area contributed by atoms with Crippen molar-refractivity contribution >= 4 is 124 Å². The molecular formula is C39H26ClN10Na5O16S5. The monoisotopic (exact) mass is 1200 g/mol. The van der Waals surface area contributed by atoms with Gasteiger partial charge in [-0.15, -0.1) is 15.3 Å². The number of halogens is 1. The summed E-state index contributed by atoms with van der Waals surface area (Å²) in [5.41, 5.74) is -2.86. The van der Waals surface area contributed by atoms with E-state index in [1.165, 1.54) is 55.5 Å². The van der Waals surface area contributed by atoms with Gasteiger partial charge >= 0.3 is 148 Å². The molecule has 0 atom stereocenters. The fraction of sp³-hybridized carbons (Fsp3) is 0.0513. The van der Waals surface area contributed by atoms with Crippen molar-refractivity contribution in [3.63, 3.8) is 0 Å². The molecule has 0 saturated carbocycles. The topological polar surface area (TPSA) is 434 Å². The second kappa shape index (κ2) is 27.5. The number of hydrogen-bond donors (Lipinski definition) is 4. The molecule has 4 N–H and O–H groups in total. The summed E-state index contributed by atoms with van der Waals surface area (Å²) >= 11 is 6.10. The van der Waals surface area contributed by atoms with E-state index in [0.717, 1.165) is 18.2 Å². The van der Waals surface area contributed by atoms with Crippen LogP contribution in [-0.2, 0) is 50.6 Å². The Bertz CT molecular complexity index is 4110. The van der Waals surface area contributed by atoms with Gasteiger partial charge in [0.25, 0.3) is 10.1 Å². The molecule has 26 nitrogen and oxygen atoms in total. The van der Waals surface area contributed by atoms with Gasteiger partial charge in [0.15, 0.2) is 0 Å². The average molecular weight is 1200 g/mol. The summed E-state index contributed by atoms with van der Waals surface area (Å²) in [6.07, 6.45) is 0. The van der Waals surface area contributed by atoms with Gasteiger partial charge in [0.1, 0.15) is 56.7 Å². The van der Waals surface area contributed by atoms with Crippen molar-refractivity contribution in [1.82, 2.24) is 15.0 Å². The largest absolute Gasteiger partial charge is 1.00 e. The number of aromatic amines is 1. The Hall–Kier alpha value is -2.17. The van der Waals surface area contributed by atoms with E-state index in [1.54, 1.807) is 13.0 Å². The molecular weight excluding hydrogens is 1180 g/mol. The van der Waals surface area contributed by atoms with Gasteiger partial charge in [0.05, 0.1) is 36.6 Å². The normalized spacial score (nSPS) is 12.2. The van der Waals surface area contributed by atoms with E-state index in [2.05, 4.69) is 51.0 Å². The first kappa shape index (κ1) is 69.9. The van der Waals surface area contributed by atoms with Crippen molar-refractivity contribution in [2.45, 2.75) is 38.3 Å². The van der Waals surface area contributed by atoms with Crippen LogP contribution in [0.25, 0.3) is 10.8 Å². The second-order valence-electron chi connectivity index (χ2n) is 14.6. The Balaban J connectivity index is 0.00000395. The van der Waals surface area contributed by atoms with Crippen molar-refractivity contribution < 1.29 is 218 Å². The molecule has 37 heteroatoms. The Morgan fingerprint density at radius 3 is 1.68 bits per heavy atom. The van der Waals surface area contributed by atoms with Crippen LogP contribution < -0.4 is 169 Å². The van der Waals surface area contributed by atoms with Crippen LogP contribution in [0.5, 0.6) is 5.75 Å². The molecule has 0 bridgehead atoms. The summed E-state index contributed by atoms with van der Waals surface area (Å²) < 4.78 is 182. The molecule has 0 saturated heterocycles. The smallest absolute Gasteiger partial charge is 0.870 e. The molecule has 0 fully saturated rings. The van der Waals surface area contributed by atoms with E-state index < -0.39 is 114 Å². The molecule has 0 amide bonds. The minimum atomic E-state index is -5.75. The fourth-order valence-corrected chi connectivity index (χ4v) is 9.53. The number of nitrogens with one attached hydrogen (secondary N) is 3. The van der Waals surface area contributed by atoms with E-state index >= 15 is 0 Å². The second-order valence-corrected chi connectivity index (χ2v) is 21.8. The number of nitrogens with zero attached hydrogens (tertiary/aromatic N) is 7. The zero-order valence-corrected chi connectivity index (χ0v) is 55.2. The maximum atomic E-state index is 14.1. The Labute approximate surface area is 548 Å². The van der Waals surface area contributed by atoms with Gasteiger partial charge in [-0.05, 0) is 120 Å². The van der Waals surface area contributed by atoms with E-state index in [1.807, 2.05) is 0 Å². The maximum Gasteiger partial charge on any atom is 1.00 e. The molecule has 1 heterocycles. The molecule has 370 valence electrons. The minimum Gasteiger partial charge on any atom is -0.870 e. The first-order valence-corrected chi connectivity index (χ1v) is 26.5. The Kier molecular flexibility index (Phi) is 25.3. The van der Waals surface area contributed by atoms with Crippen LogP contribution in [0.15, 0.2) is 147 Å². The third kappa shape index (κ3) is 17.4. The van der Waals surface area contributed by atoms with Crippen LogP contribution in [0.1, 0.15) is 11.1 Å². The number of H-pyrrole nitrogens is 1. The first-order valence-electron chi connectivity index (χ1n) is 19.1. The summed E-state index contributed by atoms with van der Waals surface area (Å²) in [4.78, 5) is 9.22. The van der Waals surface area contributed by atoms with Crippen LogP contribution in [0.2, 0.25) is 5.28 Å². The molecule has 0 spiro atoms. The van der Waals surface area contributed by atoms with Crippen molar-refractivity contribution in [3.8, 4) is 5.75 Å². The van der Waals surface area contributed by atoms with Crippen molar-refractivity contribution in [2.75, 3.05) is 10.6 Å². The summed E-state index contributed by atoms with van der Waals surface area (Å²) in [6, 6.07) is 17.7. The molecule has 6 aromatic carbocycles. The van der Waals surface area contributed by atoms with Gasteiger partial charge in [-0.25, -0.2) is 38.7 Å². The average Bonchev–Trinajstić information content (AvgIpc) is 3.25. The molecule has 1 aromatic heterocycles. The molecule has 76 heavy (non-hydrogen) atoms. The number of aryl methyl sites for hydroxylation is 2. The van der Waals surface area contributed by atoms with Gasteiger partial charge in [-0.1, -0.05) is 30.0 Å². The van der Waals surface area contributed by atoms with E-state index in [9.17, 15) is 70.0 Å². The summed E-state index contributed by atoms with van der Waals surface area (Å²) in [5.74, 6) is -1.48. The molecule has 7 aromatic rings. The van der Waals surface area contributed by atoms with Crippen LogP contribution in [0.3, 0.4) is 0 Å². The van der Waals surface area contributed by atoms with Crippen LogP contribution >= 0.6 is 11.6 Å². The Morgan fingerprint density at radius 1 is 0.566 bits per heavy atom. The zero-order valence-electron chi connectivity index (χ0n) is 40.4. The fourth-order valence-electron chi connectivity index (χ4n) is 6.44. The quantitative estimate of drug-likeness (QED) is 0.0446. The number of aromatic nitrogens is 3. The standard InChI is InChI=1S/C39H31ClN10O16S5.5Na/c1-19-12-27(20(2)11-26(19)43-39-45-37(40)44-38(46-39)42-23-9-6-10-24(15-23)67(52,53)54)47-48-28-17-32(70(61,62)63)29(18-31(28)69(58,59)60)49-50-35-33(71(64,65)66)14-21-13-25(68(55,56)57)16-30(34(21)36(35)51)41-22-7-4-3-5-8-22;;;;;/h3-18,41,51H,1-2H3,(H,52,53,54)(H,55,56,57)(H,58,59,60)(H,61,62,63)(H,64,65,66)(H2,42,43,44,45,46);;;;;/q;5*+1/p-5. The molecule has 0 radical (unpaired) electrons. The van der Waals surface area contributed by atoms with Gasteiger partial charge in [-0.3, -0.25) is 9.54 Å². The van der Waals surface area contributed by atoms with Crippen LogP contribution in [0.4, 0.5) is 51.4 Å². The van der Waals surface area contributed by atoms with E-state index in [4.69, 9.17) is 11.6 Å². The zero-order chi connectivity index (χ0) is 52.0. The van der Waals surface area contributed by atoms with Gasteiger partial charge < -0.3 is 34.0 Å². The van der Waals surface area contributed by atoms with E-state index in [-0.39, 0.29) is 188 Å². The van der Waals surface area contributed by atoms with Crippen LogP contribution in [-0.4, -0.2) is 79.8 Å². The van der Waals surface area contributed by atoms with Gasteiger partial charge in [0.2, 0.25) is 16.9 Å². The molecule has 7 rings (SSSR count). The molecule has 0 unspecified atom stereocenters. The minimum absolute atomic E-state index is 0. The van der Waals surface area contributed by atoms with E-state index in [0.29, 0.717) is 35.0 Å². The molecule has 0 aliphatic rings. The van der Waals surface area contributed by atoms with Crippen LogP contribution in [0, 0.1) is 13.8 Å². The van der Waals surface area contributed by atoms with Gasteiger partial charge in [0, 0.05) is 17.1 Å². The number of anilines is 4. The predicted octanol–water partition coefficient (Wildman–Crippen LogP) is -9.26. The first-order chi connectivity index (χ1) is 32.9. The SMILES string of the molecule is Cc1cc(Nc2nc(Cl)nc(=Nc3cccc(S(=O)(=O)[O-])c3)[nH]2)c(C)cc1N=Nc1cc(S(=O)(=O)[O-])c(N=Nc2c(S(=O)(=O)O)cc3cc(S(=O)(=O)[O-])cc(Nc4ccccc4)c3c2[O-])cc1S(=O)(=O)[O-].[Na+].[Na+].[Na+].[Na+].[Na+].